The molecule has 1 aliphatic heterocycles. The van der Waals surface area contributed by atoms with E-state index in [1.165, 1.54) is 0 Å². The molecule has 1 N–H and O–H groups in total. The summed E-state index contributed by atoms with van der Waals surface area (Å²) in [6.07, 6.45) is 2.64. The number of carbonyl (C=O) groups excluding carboxylic acids is 1. The maximum Gasteiger partial charge on any atom is 0.226 e. The third kappa shape index (κ3) is 3.95. The average molecular weight is 248 g/mol. The highest BCUT2D eigenvalue weighted by Crippen LogP contribution is 2.23. The maximum atomic E-state index is 12.0. The Morgan fingerprint density at radius 1 is 1.56 bits per heavy atom. The number of hydrogen-bond donors (Lipinski definition) is 1. The van der Waals surface area contributed by atoms with Gasteiger partial charge in [-0.25, -0.2) is 0 Å². The monoisotopic (exact) mass is 247 g/mol. The van der Waals surface area contributed by atoms with Crippen LogP contribution in [0.1, 0.15) is 40.0 Å². The molecule has 0 aromatic rings. The van der Waals surface area contributed by atoms with E-state index in [1.807, 2.05) is 13.8 Å². The molecule has 1 rings (SSSR count). The van der Waals surface area contributed by atoms with Crippen molar-refractivity contribution < 1.29 is 9.53 Å². The van der Waals surface area contributed by atoms with Crippen LogP contribution < -0.4 is 5.32 Å². The van der Waals surface area contributed by atoms with Crippen LogP contribution in [0.2, 0.25) is 0 Å². The van der Waals surface area contributed by atoms with Gasteiger partial charge >= 0.3 is 0 Å². The molecule has 16 heavy (non-hydrogen) atoms. The highest BCUT2D eigenvalue weighted by Gasteiger charge is 2.33. The van der Waals surface area contributed by atoms with E-state index in [2.05, 4.69) is 12.2 Å². The Kier molecular flexibility index (Phi) is 5.56. The summed E-state index contributed by atoms with van der Waals surface area (Å²) in [4.78, 5) is 12.0. The van der Waals surface area contributed by atoms with Crippen LogP contribution in [0, 0.1) is 5.92 Å². The Labute approximate surface area is 103 Å². The van der Waals surface area contributed by atoms with Crippen LogP contribution in [0.4, 0.5) is 0 Å². The molecule has 4 atom stereocenters. The molecular formula is C12H22ClNO2. The van der Waals surface area contributed by atoms with Gasteiger partial charge in [-0.05, 0) is 33.1 Å². The highest BCUT2D eigenvalue weighted by atomic mass is 35.5. The molecule has 1 saturated heterocycles. The van der Waals surface area contributed by atoms with E-state index in [-0.39, 0.29) is 29.3 Å². The smallest absolute Gasteiger partial charge is 0.226 e. The van der Waals surface area contributed by atoms with Gasteiger partial charge in [0.2, 0.25) is 5.91 Å². The van der Waals surface area contributed by atoms with Gasteiger partial charge in [0, 0.05) is 18.0 Å². The number of carbonyl (C=O) groups is 1. The fourth-order valence-electron chi connectivity index (χ4n) is 2.25. The van der Waals surface area contributed by atoms with Gasteiger partial charge in [-0.15, -0.1) is 11.6 Å². The van der Waals surface area contributed by atoms with E-state index in [9.17, 15) is 4.79 Å². The second-order valence-electron chi connectivity index (χ2n) is 4.64. The molecule has 1 amide bonds. The van der Waals surface area contributed by atoms with E-state index in [0.29, 0.717) is 6.61 Å². The first-order valence-corrected chi connectivity index (χ1v) is 6.54. The minimum Gasteiger partial charge on any atom is -0.377 e. The second kappa shape index (κ2) is 6.45. The molecule has 1 fully saturated rings. The Hall–Kier alpha value is -0.280. The minimum absolute atomic E-state index is 0.0260. The van der Waals surface area contributed by atoms with E-state index < -0.39 is 0 Å². The summed E-state index contributed by atoms with van der Waals surface area (Å²) in [6, 6.07) is 0.137. The SMILES string of the molecule is CCC1OCCC1C(=O)NC(C)CC(C)Cl. The lowest BCUT2D eigenvalue weighted by Crippen LogP contribution is -2.40. The zero-order valence-corrected chi connectivity index (χ0v) is 11.1. The standard InChI is InChI=1S/C12H22ClNO2/c1-4-11-10(5-6-16-11)12(15)14-9(3)7-8(2)13/h8-11H,4-7H2,1-3H3,(H,14,15). The molecule has 4 heteroatoms. The first kappa shape index (κ1) is 13.8. The van der Waals surface area contributed by atoms with Crippen molar-refractivity contribution in [3.05, 3.63) is 0 Å². The van der Waals surface area contributed by atoms with E-state index >= 15 is 0 Å². The van der Waals surface area contributed by atoms with Gasteiger partial charge < -0.3 is 10.1 Å². The Bertz CT molecular complexity index is 233. The third-order valence-electron chi connectivity index (χ3n) is 3.02. The Balaban J connectivity index is 2.39. The molecule has 1 aliphatic rings. The van der Waals surface area contributed by atoms with Crippen molar-refractivity contribution in [2.75, 3.05) is 6.61 Å². The van der Waals surface area contributed by atoms with Crippen LogP contribution in [-0.4, -0.2) is 30.0 Å². The topological polar surface area (TPSA) is 38.3 Å². The summed E-state index contributed by atoms with van der Waals surface area (Å²) in [5.41, 5.74) is 0. The first-order chi connectivity index (χ1) is 7.54. The zero-order chi connectivity index (χ0) is 12.1. The van der Waals surface area contributed by atoms with Crippen molar-refractivity contribution in [1.29, 1.82) is 0 Å². The molecule has 4 unspecified atom stereocenters. The summed E-state index contributed by atoms with van der Waals surface area (Å²) in [5.74, 6) is 0.146. The zero-order valence-electron chi connectivity index (χ0n) is 10.3. The van der Waals surface area contributed by atoms with Crippen LogP contribution in [-0.2, 0) is 9.53 Å². The molecule has 0 spiro atoms. The van der Waals surface area contributed by atoms with Crippen molar-refractivity contribution >= 4 is 17.5 Å². The second-order valence-corrected chi connectivity index (χ2v) is 5.38. The van der Waals surface area contributed by atoms with Gasteiger partial charge in [-0.2, -0.15) is 0 Å². The summed E-state index contributed by atoms with van der Waals surface area (Å²) >= 11 is 5.90. The molecule has 94 valence electrons. The lowest BCUT2D eigenvalue weighted by molar-refractivity contribution is -0.127. The van der Waals surface area contributed by atoms with Gasteiger partial charge in [0.05, 0.1) is 12.0 Å². The molecule has 0 bridgehead atoms. The summed E-state index contributed by atoms with van der Waals surface area (Å²) < 4.78 is 5.51. The molecule has 3 nitrogen and oxygen atoms in total. The number of nitrogens with one attached hydrogen (secondary N) is 1. The Morgan fingerprint density at radius 3 is 2.81 bits per heavy atom. The van der Waals surface area contributed by atoms with Crippen molar-refractivity contribution in [2.24, 2.45) is 5.92 Å². The number of amides is 1. The lowest BCUT2D eigenvalue weighted by atomic mass is 9.98. The predicted molar refractivity (Wildman–Crippen MR) is 65.7 cm³/mol. The average Bonchev–Trinajstić information content (AvgIpc) is 2.63. The van der Waals surface area contributed by atoms with Crippen molar-refractivity contribution in [2.45, 2.75) is 57.6 Å². The van der Waals surface area contributed by atoms with Crippen LogP contribution in [0.5, 0.6) is 0 Å². The van der Waals surface area contributed by atoms with Crippen LogP contribution in [0.3, 0.4) is 0 Å². The number of alkyl halides is 1. The van der Waals surface area contributed by atoms with E-state index in [4.69, 9.17) is 16.3 Å². The van der Waals surface area contributed by atoms with Crippen LogP contribution in [0.25, 0.3) is 0 Å². The van der Waals surface area contributed by atoms with Gasteiger partial charge in [-0.3, -0.25) is 4.79 Å². The van der Waals surface area contributed by atoms with Gasteiger partial charge in [0.15, 0.2) is 0 Å². The predicted octanol–water partition coefficient (Wildman–Crippen LogP) is 2.32. The Morgan fingerprint density at radius 2 is 2.25 bits per heavy atom. The number of halogens is 1. The van der Waals surface area contributed by atoms with Gasteiger partial charge in [0.1, 0.15) is 0 Å². The van der Waals surface area contributed by atoms with Crippen LogP contribution in [0.15, 0.2) is 0 Å². The molecule has 0 aromatic heterocycles. The molecule has 0 saturated carbocycles. The van der Waals surface area contributed by atoms with Crippen LogP contribution >= 0.6 is 11.6 Å². The number of hydrogen-bond acceptors (Lipinski definition) is 2. The normalized spacial score (nSPS) is 28.8. The lowest BCUT2D eigenvalue weighted by Gasteiger charge is -2.20. The van der Waals surface area contributed by atoms with E-state index in [1.54, 1.807) is 0 Å². The quantitative estimate of drug-likeness (QED) is 0.758. The van der Waals surface area contributed by atoms with Crippen molar-refractivity contribution in [1.82, 2.24) is 5.32 Å². The highest BCUT2D eigenvalue weighted by molar-refractivity contribution is 6.20. The van der Waals surface area contributed by atoms with Crippen molar-refractivity contribution in [3.63, 3.8) is 0 Å². The molecule has 0 radical (unpaired) electrons. The third-order valence-corrected chi connectivity index (χ3v) is 3.19. The van der Waals surface area contributed by atoms with E-state index in [0.717, 1.165) is 19.3 Å². The molecule has 0 aromatic carbocycles. The van der Waals surface area contributed by atoms with Gasteiger partial charge in [0.25, 0.3) is 0 Å². The first-order valence-electron chi connectivity index (χ1n) is 6.10. The number of rotatable bonds is 5. The molecule has 0 aliphatic carbocycles. The molecular weight excluding hydrogens is 226 g/mol. The van der Waals surface area contributed by atoms with Crippen molar-refractivity contribution in [3.8, 4) is 0 Å². The molecule has 1 heterocycles. The number of ether oxygens (including phenoxy) is 1. The summed E-state index contributed by atoms with van der Waals surface area (Å²) in [7, 11) is 0. The fraction of sp³-hybridized carbons (Fsp3) is 0.917. The summed E-state index contributed by atoms with van der Waals surface area (Å²) in [6.45, 7) is 6.70. The maximum absolute atomic E-state index is 12.0. The largest absolute Gasteiger partial charge is 0.377 e. The van der Waals surface area contributed by atoms with Gasteiger partial charge in [-0.1, -0.05) is 6.92 Å². The summed E-state index contributed by atoms with van der Waals surface area (Å²) in [5, 5.41) is 3.11. The fourth-order valence-corrected chi connectivity index (χ4v) is 2.51. The minimum atomic E-state index is 0.0260.